The van der Waals surface area contributed by atoms with Crippen molar-refractivity contribution in [3.8, 4) is 0 Å². The molecule has 20 heavy (non-hydrogen) atoms. The van der Waals surface area contributed by atoms with Gasteiger partial charge in [0.2, 0.25) is 0 Å². The zero-order chi connectivity index (χ0) is 14.6. The van der Waals surface area contributed by atoms with E-state index in [1.165, 1.54) is 6.20 Å². The quantitative estimate of drug-likeness (QED) is 0.862. The molecule has 1 aromatic heterocycles. The number of carboxylic acid groups (broad SMARTS) is 1. The van der Waals surface area contributed by atoms with Crippen molar-refractivity contribution < 1.29 is 19.4 Å². The van der Waals surface area contributed by atoms with Crippen LogP contribution < -0.4 is 5.32 Å². The Morgan fingerprint density at radius 1 is 1.40 bits per heavy atom. The first-order valence-corrected chi connectivity index (χ1v) is 6.54. The Balaban J connectivity index is 2.15. The molecule has 1 fully saturated rings. The Labute approximate surface area is 117 Å². The normalized spacial score (nSPS) is 17.4. The summed E-state index contributed by atoms with van der Waals surface area (Å²) < 4.78 is 5.26. The van der Waals surface area contributed by atoms with E-state index in [2.05, 4.69) is 10.3 Å². The highest BCUT2D eigenvalue weighted by Crippen LogP contribution is 2.25. The van der Waals surface area contributed by atoms with Crippen molar-refractivity contribution in [1.82, 2.24) is 10.3 Å². The first-order chi connectivity index (χ1) is 9.51. The van der Waals surface area contributed by atoms with Gasteiger partial charge in [-0.25, -0.2) is 0 Å². The standard InChI is InChI=1S/C14H18N2O4/c1-10-6-11(9-15-8-10)13(19)16-14(7-12(17)18)2-4-20-5-3-14/h6,8-9H,2-5,7H2,1H3,(H,16,19)(H,17,18). The Kier molecular flexibility index (Phi) is 4.34. The number of aromatic nitrogens is 1. The number of carbonyl (C=O) groups is 2. The molecule has 6 heteroatoms. The summed E-state index contributed by atoms with van der Waals surface area (Å²) in [6, 6.07) is 1.73. The molecule has 1 aliphatic rings. The monoisotopic (exact) mass is 278 g/mol. The fourth-order valence-corrected chi connectivity index (χ4v) is 2.39. The lowest BCUT2D eigenvalue weighted by molar-refractivity contribution is -0.139. The summed E-state index contributed by atoms with van der Waals surface area (Å²) >= 11 is 0. The maximum atomic E-state index is 12.3. The lowest BCUT2D eigenvalue weighted by Gasteiger charge is -2.36. The molecule has 6 nitrogen and oxygen atoms in total. The summed E-state index contributed by atoms with van der Waals surface area (Å²) in [6.07, 6.45) is 4.06. The van der Waals surface area contributed by atoms with Crippen LogP contribution in [0.2, 0.25) is 0 Å². The molecule has 0 bridgehead atoms. The van der Waals surface area contributed by atoms with E-state index in [9.17, 15) is 9.59 Å². The first-order valence-electron chi connectivity index (χ1n) is 6.54. The topological polar surface area (TPSA) is 88.5 Å². The lowest BCUT2D eigenvalue weighted by Crippen LogP contribution is -2.53. The summed E-state index contributed by atoms with van der Waals surface area (Å²) in [5, 5.41) is 11.9. The molecule has 0 spiro atoms. The Hall–Kier alpha value is -1.95. The van der Waals surface area contributed by atoms with Crippen LogP contribution in [-0.2, 0) is 9.53 Å². The Morgan fingerprint density at radius 2 is 2.10 bits per heavy atom. The highest BCUT2D eigenvalue weighted by atomic mass is 16.5. The van der Waals surface area contributed by atoms with Gasteiger partial charge in [-0.3, -0.25) is 14.6 Å². The van der Waals surface area contributed by atoms with E-state index < -0.39 is 11.5 Å². The van der Waals surface area contributed by atoms with E-state index in [0.717, 1.165) is 5.56 Å². The number of carboxylic acids is 1. The molecule has 1 saturated heterocycles. The first kappa shape index (κ1) is 14.5. The molecule has 2 heterocycles. The molecular weight excluding hydrogens is 260 g/mol. The predicted octanol–water partition coefficient (Wildman–Crippen LogP) is 1.14. The molecule has 2 rings (SSSR count). The SMILES string of the molecule is Cc1cncc(C(=O)NC2(CC(=O)O)CCOCC2)c1. The highest BCUT2D eigenvalue weighted by molar-refractivity contribution is 5.94. The molecule has 0 aromatic carbocycles. The number of nitrogens with zero attached hydrogens (tertiary/aromatic N) is 1. The van der Waals surface area contributed by atoms with Crippen LogP contribution in [0.15, 0.2) is 18.5 Å². The van der Waals surface area contributed by atoms with Gasteiger partial charge in [0.15, 0.2) is 0 Å². The van der Waals surface area contributed by atoms with Gasteiger partial charge in [-0.15, -0.1) is 0 Å². The van der Waals surface area contributed by atoms with Gasteiger partial charge in [-0.1, -0.05) is 0 Å². The number of carbonyl (C=O) groups excluding carboxylic acids is 1. The number of amides is 1. The maximum Gasteiger partial charge on any atom is 0.305 e. The van der Waals surface area contributed by atoms with Gasteiger partial charge >= 0.3 is 5.97 Å². The van der Waals surface area contributed by atoms with Crippen LogP contribution in [0.4, 0.5) is 0 Å². The molecule has 108 valence electrons. The van der Waals surface area contributed by atoms with Crippen LogP contribution in [0.25, 0.3) is 0 Å². The van der Waals surface area contributed by atoms with E-state index in [4.69, 9.17) is 9.84 Å². The van der Waals surface area contributed by atoms with Gasteiger partial charge in [0, 0.05) is 25.6 Å². The van der Waals surface area contributed by atoms with Crippen molar-refractivity contribution in [2.24, 2.45) is 0 Å². The molecule has 0 unspecified atom stereocenters. The van der Waals surface area contributed by atoms with Crippen LogP contribution in [0.5, 0.6) is 0 Å². The van der Waals surface area contributed by atoms with Gasteiger partial charge in [-0.2, -0.15) is 0 Å². The number of nitrogens with one attached hydrogen (secondary N) is 1. The fourth-order valence-electron chi connectivity index (χ4n) is 2.39. The molecular formula is C14H18N2O4. The lowest BCUT2D eigenvalue weighted by atomic mass is 9.86. The van der Waals surface area contributed by atoms with Crippen LogP contribution >= 0.6 is 0 Å². The van der Waals surface area contributed by atoms with Crippen LogP contribution in [0.1, 0.15) is 35.2 Å². The van der Waals surface area contributed by atoms with E-state index in [1.807, 2.05) is 6.92 Å². The van der Waals surface area contributed by atoms with Gasteiger partial charge in [0.1, 0.15) is 0 Å². The maximum absolute atomic E-state index is 12.3. The second-order valence-electron chi connectivity index (χ2n) is 5.17. The van der Waals surface area contributed by atoms with Crippen LogP contribution in [0.3, 0.4) is 0 Å². The van der Waals surface area contributed by atoms with Gasteiger partial charge in [0.25, 0.3) is 5.91 Å². The van der Waals surface area contributed by atoms with E-state index in [0.29, 0.717) is 31.6 Å². The summed E-state index contributed by atoms with van der Waals surface area (Å²) in [6.45, 7) is 2.77. The minimum atomic E-state index is -0.922. The molecule has 0 radical (unpaired) electrons. The number of hydrogen-bond acceptors (Lipinski definition) is 4. The molecule has 1 aliphatic heterocycles. The molecule has 0 atom stereocenters. The summed E-state index contributed by atoms with van der Waals surface area (Å²) in [5.41, 5.74) is 0.600. The smallest absolute Gasteiger partial charge is 0.305 e. The zero-order valence-corrected chi connectivity index (χ0v) is 11.4. The number of rotatable bonds is 4. The predicted molar refractivity (Wildman–Crippen MR) is 71.5 cm³/mol. The van der Waals surface area contributed by atoms with Crippen molar-refractivity contribution in [1.29, 1.82) is 0 Å². The Bertz CT molecular complexity index is 510. The van der Waals surface area contributed by atoms with Gasteiger partial charge < -0.3 is 15.2 Å². The van der Waals surface area contributed by atoms with E-state index in [-0.39, 0.29) is 12.3 Å². The number of ether oxygens (including phenoxy) is 1. The van der Waals surface area contributed by atoms with Crippen molar-refractivity contribution in [2.45, 2.75) is 31.7 Å². The summed E-state index contributed by atoms with van der Waals surface area (Å²) in [4.78, 5) is 27.3. The summed E-state index contributed by atoms with van der Waals surface area (Å²) in [5.74, 6) is -1.21. The van der Waals surface area contributed by atoms with Crippen molar-refractivity contribution in [2.75, 3.05) is 13.2 Å². The molecule has 0 saturated carbocycles. The van der Waals surface area contributed by atoms with Crippen molar-refractivity contribution >= 4 is 11.9 Å². The average Bonchev–Trinajstić information content (AvgIpc) is 2.38. The van der Waals surface area contributed by atoms with E-state index >= 15 is 0 Å². The third-order valence-electron chi connectivity index (χ3n) is 3.46. The van der Waals surface area contributed by atoms with Gasteiger partial charge in [0.05, 0.1) is 17.5 Å². The van der Waals surface area contributed by atoms with Crippen molar-refractivity contribution in [3.05, 3.63) is 29.6 Å². The minimum Gasteiger partial charge on any atom is -0.481 e. The Morgan fingerprint density at radius 3 is 2.70 bits per heavy atom. The second kappa shape index (κ2) is 6.00. The fraction of sp³-hybridized carbons (Fsp3) is 0.500. The molecule has 1 amide bonds. The molecule has 1 aromatic rings. The average molecular weight is 278 g/mol. The van der Waals surface area contributed by atoms with Crippen molar-refractivity contribution in [3.63, 3.8) is 0 Å². The third-order valence-corrected chi connectivity index (χ3v) is 3.46. The largest absolute Gasteiger partial charge is 0.481 e. The van der Waals surface area contributed by atoms with E-state index in [1.54, 1.807) is 12.3 Å². The number of hydrogen-bond donors (Lipinski definition) is 2. The number of pyridine rings is 1. The summed E-state index contributed by atoms with van der Waals surface area (Å²) in [7, 11) is 0. The number of aliphatic carboxylic acids is 1. The second-order valence-corrected chi connectivity index (χ2v) is 5.17. The number of aryl methyl sites for hydroxylation is 1. The highest BCUT2D eigenvalue weighted by Gasteiger charge is 2.36. The third kappa shape index (κ3) is 3.54. The van der Waals surface area contributed by atoms with Crippen LogP contribution in [-0.4, -0.2) is 40.7 Å². The zero-order valence-electron chi connectivity index (χ0n) is 11.4. The van der Waals surface area contributed by atoms with Gasteiger partial charge in [-0.05, 0) is 31.4 Å². The molecule has 0 aliphatic carbocycles. The minimum absolute atomic E-state index is 0.0959. The molecule has 2 N–H and O–H groups in total. The van der Waals surface area contributed by atoms with Crippen LogP contribution in [0, 0.1) is 6.92 Å².